The molecule has 5 nitrogen and oxygen atoms in total. The van der Waals surface area contributed by atoms with Crippen molar-refractivity contribution in [2.75, 3.05) is 24.2 Å². The molecule has 158 valence electrons. The molecule has 3 rings (SSSR count). The van der Waals surface area contributed by atoms with Crippen LogP contribution < -0.4 is 5.32 Å². The molecule has 0 saturated carbocycles. The topological polar surface area (TPSA) is 66.5 Å². The highest BCUT2D eigenvalue weighted by Gasteiger charge is 2.22. The third-order valence-electron chi connectivity index (χ3n) is 4.92. The van der Waals surface area contributed by atoms with Crippen LogP contribution in [-0.4, -0.2) is 37.5 Å². The van der Waals surface area contributed by atoms with E-state index in [1.54, 1.807) is 18.2 Å². The Morgan fingerprint density at radius 2 is 1.67 bits per heavy atom. The van der Waals surface area contributed by atoms with Gasteiger partial charge in [-0.15, -0.1) is 11.8 Å². The summed E-state index contributed by atoms with van der Waals surface area (Å²) in [5, 5.41) is 5.16. The van der Waals surface area contributed by atoms with Crippen LogP contribution in [0.3, 0.4) is 0 Å². The van der Waals surface area contributed by atoms with Gasteiger partial charge >= 0.3 is 0 Å². The van der Waals surface area contributed by atoms with E-state index in [9.17, 15) is 13.2 Å². The number of carbonyl (C=O) groups is 1. The van der Waals surface area contributed by atoms with Crippen LogP contribution in [0.15, 0.2) is 70.5 Å². The monoisotopic (exact) mass is 442 g/mol. The molecule has 0 bridgehead atoms. The smallest absolute Gasteiger partial charge is 0.243 e. The maximum atomic E-state index is 12.8. The fourth-order valence-electron chi connectivity index (χ4n) is 3.20. The zero-order valence-electron chi connectivity index (χ0n) is 17.4. The summed E-state index contributed by atoms with van der Waals surface area (Å²) in [7, 11) is -3.58. The third-order valence-corrected chi connectivity index (χ3v) is 7.96. The molecule has 0 aliphatic rings. The molecule has 0 aliphatic carbocycles. The molecule has 1 N–H and O–H groups in total. The Kier molecular flexibility index (Phi) is 7.18. The molecule has 0 aliphatic heterocycles. The first-order valence-electron chi connectivity index (χ1n) is 9.87. The highest BCUT2D eigenvalue weighted by molar-refractivity contribution is 8.00. The number of amides is 1. The minimum atomic E-state index is -3.58. The minimum absolute atomic E-state index is 0.173. The fourth-order valence-corrected chi connectivity index (χ4v) is 5.43. The molecule has 0 unspecified atom stereocenters. The van der Waals surface area contributed by atoms with Crippen LogP contribution in [0, 0.1) is 6.92 Å². The zero-order chi connectivity index (χ0) is 21.7. The third kappa shape index (κ3) is 5.03. The lowest BCUT2D eigenvalue weighted by molar-refractivity contribution is -0.113. The van der Waals surface area contributed by atoms with Crippen molar-refractivity contribution in [1.82, 2.24) is 4.31 Å². The van der Waals surface area contributed by atoms with Gasteiger partial charge in [-0.3, -0.25) is 4.79 Å². The van der Waals surface area contributed by atoms with Crippen LogP contribution in [-0.2, 0) is 14.8 Å². The summed E-state index contributed by atoms with van der Waals surface area (Å²) in [5.74, 6) is 0.0683. The summed E-state index contributed by atoms with van der Waals surface area (Å²) in [6.45, 7) is 6.26. The lowest BCUT2D eigenvalue weighted by Gasteiger charge is -2.19. The molecule has 0 spiro atoms. The van der Waals surface area contributed by atoms with E-state index < -0.39 is 10.0 Å². The maximum Gasteiger partial charge on any atom is 0.243 e. The predicted octanol–water partition coefficient (Wildman–Crippen LogP) is 4.91. The van der Waals surface area contributed by atoms with Gasteiger partial charge in [0.2, 0.25) is 15.9 Å². The van der Waals surface area contributed by atoms with Crippen molar-refractivity contribution in [1.29, 1.82) is 0 Å². The van der Waals surface area contributed by atoms with Crippen LogP contribution >= 0.6 is 11.8 Å². The molecule has 0 saturated heterocycles. The van der Waals surface area contributed by atoms with Gasteiger partial charge in [-0.05, 0) is 47.5 Å². The van der Waals surface area contributed by atoms with E-state index in [1.165, 1.54) is 16.1 Å². The van der Waals surface area contributed by atoms with E-state index in [4.69, 9.17) is 0 Å². The number of thioether (sulfide) groups is 1. The number of carbonyl (C=O) groups excluding carboxylic acids is 1. The molecule has 3 aromatic rings. The van der Waals surface area contributed by atoms with Crippen molar-refractivity contribution >= 4 is 44.2 Å². The molecule has 0 radical (unpaired) electrons. The Balaban J connectivity index is 1.71. The van der Waals surface area contributed by atoms with Gasteiger partial charge in [0, 0.05) is 23.7 Å². The Labute approximate surface area is 182 Å². The zero-order valence-corrected chi connectivity index (χ0v) is 19.0. The van der Waals surface area contributed by atoms with Crippen LogP contribution in [0.1, 0.15) is 19.4 Å². The minimum Gasteiger partial charge on any atom is -0.325 e. The van der Waals surface area contributed by atoms with Crippen LogP contribution in [0.2, 0.25) is 0 Å². The number of fused-ring (bicyclic) bond motifs is 1. The summed E-state index contributed by atoms with van der Waals surface area (Å²) >= 11 is 1.45. The summed E-state index contributed by atoms with van der Waals surface area (Å²) in [6.07, 6.45) is 0. The van der Waals surface area contributed by atoms with Gasteiger partial charge < -0.3 is 5.32 Å². The van der Waals surface area contributed by atoms with Gasteiger partial charge in [-0.1, -0.05) is 50.2 Å². The summed E-state index contributed by atoms with van der Waals surface area (Å²) in [4.78, 5) is 13.7. The molecule has 30 heavy (non-hydrogen) atoms. The van der Waals surface area contributed by atoms with Crippen LogP contribution in [0.5, 0.6) is 0 Å². The van der Waals surface area contributed by atoms with Gasteiger partial charge in [0.25, 0.3) is 0 Å². The van der Waals surface area contributed by atoms with Gasteiger partial charge in [-0.2, -0.15) is 4.31 Å². The Morgan fingerprint density at radius 3 is 2.37 bits per heavy atom. The molecule has 0 atom stereocenters. The highest BCUT2D eigenvalue weighted by atomic mass is 32.2. The van der Waals surface area contributed by atoms with E-state index in [2.05, 4.69) is 17.4 Å². The van der Waals surface area contributed by atoms with E-state index in [0.717, 1.165) is 21.2 Å². The van der Waals surface area contributed by atoms with Gasteiger partial charge in [0.1, 0.15) is 0 Å². The summed E-state index contributed by atoms with van der Waals surface area (Å²) in [6, 6.07) is 19.1. The molecular formula is C23H26N2O3S2. The second-order valence-corrected chi connectivity index (χ2v) is 9.90. The van der Waals surface area contributed by atoms with Crippen molar-refractivity contribution in [2.45, 2.75) is 30.6 Å². The first-order valence-corrected chi connectivity index (χ1v) is 12.3. The molecule has 0 fully saturated rings. The Morgan fingerprint density at radius 1 is 0.967 bits per heavy atom. The molecule has 0 aromatic heterocycles. The summed E-state index contributed by atoms with van der Waals surface area (Å²) < 4.78 is 26.9. The molecule has 3 aromatic carbocycles. The second kappa shape index (κ2) is 9.64. The Bertz CT molecular complexity index is 1160. The number of anilines is 1. The predicted molar refractivity (Wildman–Crippen MR) is 125 cm³/mol. The number of sulfonamides is 1. The van der Waals surface area contributed by atoms with Gasteiger partial charge in [0.05, 0.1) is 10.6 Å². The van der Waals surface area contributed by atoms with E-state index in [1.807, 2.05) is 51.1 Å². The maximum absolute atomic E-state index is 12.8. The number of rotatable bonds is 8. The number of aryl methyl sites for hydroxylation is 1. The standard InChI is InChI=1S/C23H26N2O3S2/c1-4-25(5-2)30(27,28)21-13-10-17(3)22(15-21)24-23(26)16-29-20-12-11-18-8-6-7-9-19(18)14-20/h6-15H,4-5,16H2,1-3H3,(H,24,26). The van der Waals surface area contributed by atoms with E-state index in [-0.39, 0.29) is 16.6 Å². The quantitative estimate of drug-likeness (QED) is 0.504. The summed E-state index contributed by atoms with van der Waals surface area (Å²) in [5.41, 5.74) is 1.34. The van der Waals surface area contributed by atoms with Gasteiger partial charge in [-0.25, -0.2) is 8.42 Å². The van der Waals surface area contributed by atoms with Crippen molar-refractivity contribution in [3.63, 3.8) is 0 Å². The number of benzene rings is 3. The van der Waals surface area contributed by atoms with E-state index >= 15 is 0 Å². The number of nitrogens with zero attached hydrogens (tertiary/aromatic N) is 1. The van der Waals surface area contributed by atoms with Crippen molar-refractivity contribution in [3.8, 4) is 0 Å². The number of hydrogen-bond acceptors (Lipinski definition) is 4. The van der Waals surface area contributed by atoms with Crippen LogP contribution in [0.25, 0.3) is 10.8 Å². The van der Waals surface area contributed by atoms with Crippen molar-refractivity contribution in [2.24, 2.45) is 0 Å². The first kappa shape index (κ1) is 22.3. The van der Waals surface area contributed by atoms with E-state index in [0.29, 0.717) is 18.8 Å². The second-order valence-electron chi connectivity index (χ2n) is 6.91. The lowest BCUT2D eigenvalue weighted by Crippen LogP contribution is -2.30. The van der Waals surface area contributed by atoms with Crippen molar-refractivity contribution < 1.29 is 13.2 Å². The largest absolute Gasteiger partial charge is 0.325 e. The molecular weight excluding hydrogens is 416 g/mol. The average molecular weight is 443 g/mol. The van der Waals surface area contributed by atoms with Crippen LogP contribution in [0.4, 0.5) is 5.69 Å². The highest BCUT2D eigenvalue weighted by Crippen LogP contribution is 2.25. The SMILES string of the molecule is CCN(CC)S(=O)(=O)c1ccc(C)c(NC(=O)CSc2ccc3ccccc3c2)c1. The van der Waals surface area contributed by atoms with Crippen molar-refractivity contribution in [3.05, 3.63) is 66.2 Å². The normalized spacial score (nSPS) is 11.7. The Hall–Kier alpha value is -2.35. The van der Waals surface area contributed by atoms with Gasteiger partial charge in [0.15, 0.2) is 0 Å². The molecule has 7 heteroatoms. The first-order chi connectivity index (χ1) is 14.3. The number of nitrogens with one attached hydrogen (secondary N) is 1. The molecule has 1 amide bonds. The fraction of sp³-hybridized carbons (Fsp3) is 0.261. The number of hydrogen-bond donors (Lipinski definition) is 1. The lowest BCUT2D eigenvalue weighted by atomic mass is 10.1. The average Bonchev–Trinajstić information content (AvgIpc) is 2.74. The molecule has 0 heterocycles.